The van der Waals surface area contributed by atoms with Gasteiger partial charge in [-0.2, -0.15) is 0 Å². The second kappa shape index (κ2) is 7.91. The monoisotopic (exact) mass is 494 g/mol. The number of aryl methyl sites for hydroxylation is 2. The van der Waals surface area contributed by atoms with Gasteiger partial charge in [-0.3, -0.25) is 0 Å². The number of hydrogen-bond donors (Lipinski definition) is 0. The van der Waals surface area contributed by atoms with E-state index in [0.29, 0.717) is 11.1 Å². The molecule has 3 heteroatoms. The van der Waals surface area contributed by atoms with Gasteiger partial charge in [0, 0.05) is 25.0 Å². The molecule has 2 aromatic heterocycles. The van der Waals surface area contributed by atoms with Gasteiger partial charge in [0.1, 0.15) is 0 Å². The Balaban J connectivity index is 1.37. The summed E-state index contributed by atoms with van der Waals surface area (Å²) in [4.78, 5) is 6.09. The number of allylic oxidation sites excluding steroid dienone is 1. The Bertz CT molecular complexity index is 1390. The first kappa shape index (κ1) is 22.3. The van der Waals surface area contributed by atoms with Gasteiger partial charge in [0.05, 0.1) is 9.52 Å². The largest absolute Gasteiger partial charge is 0.145 e. The summed E-state index contributed by atoms with van der Waals surface area (Å²) < 4.78 is 0. The average molecular weight is 495 g/mol. The standard InChI is InChI=1S/C31H30S2Si/c1-17-14-24-22(20-10-12-21(13-11-20)31(4,5)6)8-7-9-23(24)29(17)34-30-27-25(15-18(2)32-27)26-16-19(3)33-28(26)30/h7-16,29-30H,1-6H3. The van der Waals surface area contributed by atoms with Crippen LogP contribution in [-0.2, 0) is 5.41 Å². The highest BCUT2D eigenvalue weighted by molar-refractivity contribution is 7.15. The third-order valence-corrected chi connectivity index (χ3v) is 11.9. The van der Waals surface area contributed by atoms with Gasteiger partial charge in [0.2, 0.25) is 0 Å². The number of rotatable bonds is 3. The highest BCUT2D eigenvalue weighted by Crippen LogP contribution is 2.54. The minimum absolute atomic E-state index is 0.180. The molecule has 2 heterocycles. The maximum atomic E-state index is 2.47. The zero-order chi connectivity index (χ0) is 23.8. The van der Waals surface area contributed by atoms with Crippen molar-refractivity contribution in [3.8, 4) is 22.3 Å². The van der Waals surface area contributed by atoms with Crippen LogP contribution < -0.4 is 0 Å². The van der Waals surface area contributed by atoms with Gasteiger partial charge >= 0.3 is 0 Å². The molecule has 0 fully saturated rings. The molecule has 0 aliphatic heterocycles. The van der Waals surface area contributed by atoms with Gasteiger partial charge in [-0.1, -0.05) is 74.9 Å². The Labute approximate surface area is 214 Å². The summed E-state index contributed by atoms with van der Waals surface area (Å²) >= 11 is 4.03. The molecule has 0 spiro atoms. The van der Waals surface area contributed by atoms with Crippen LogP contribution in [-0.4, -0.2) is 9.52 Å². The lowest BCUT2D eigenvalue weighted by molar-refractivity contribution is 0.590. The van der Waals surface area contributed by atoms with Crippen LogP contribution in [0.4, 0.5) is 0 Å². The quantitative estimate of drug-likeness (QED) is 0.249. The molecule has 6 rings (SSSR count). The van der Waals surface area contributed by atoms with Crippen LogP contribution in [0.1, 0.15) is 75.0 Å². The molecule has 2 radical (unpaired) electrons. The first-order valence-corrected chi connectivity index (χ1v) is 14.9. The molecule has 0 nitrogen and oxygen atoms in total. The van der Waals surface area contributed by atoms with Crippen molar-refractivity contribution < 1.29 is 0 Å². The van der Waals surface area contributed by atoms with Crippen molar-refractivity contribution in [1.29, 1.82) is 0 Å². The molecule has 2 aliphatic carbocycles. The predicted molar refractivity (Wildman–Crippen MR) is 152 cm³/mol. The molecule has 34 heavy (non-hydrogen) atoms. The van der Waals surface area contributed by atoms with Crippen molar-refractivity contribution >= 4 is 38.3 Å². The van der Waals surface area contributed by atoms with E-state index in [9.17, 15) is 0 Å². The Morgan fingerprint density at radius 2 is 1.35 bits per heavy atom. The summed E-state index contributed by atoms with van der Waals surface area (Å²) in [6.07, 6.45) is 2.47. The summed E-state index contributed by atoms with van der Waals surface area (Å²) in [7, 11) is 0.844. The smallest absolute Gasteiger partial charge is 0.0704 e. The number of thiophene rings is 2. The number of fused-ring (bicyclic) bond motifs is 4. The fraction of sp³-hybridized carbons (Fsp3) is 0.290. The third-order valence-electron chi connectivity index (χ3n) is 7.26. The van der Waals surface area contributed by atoms with Gasteiger partial charge in [0.15, 0.2) is 0 Å². The SMILES string of the molecule is CC1=Cc2c(-c3ccc(C(C)(C)C)cc3)cccc2C1[Si]C1c2sc(C)cc2-c2cc(C)sc21. The van der Waals surface area contributed by atoms with Gasteiger partial charge in [0.25, 0.3) is 0 Å². The minimum atomic E-state index is 0.180. The first-order valence-electron chi connectivity index (χ1n) is 12.1. The molecule has 1 unspecified atom stereocenters. The van der Waals surface area contributed by atoms with Gasteiger partial charge < -0.3 is 0 Å². The van der Waals surface area contributed by atoms with Crippen molar-refractivity contribution in [2.45, 2.75) is 58.0 Å². The van der Waals surface area contributed by atoms with E-state index in [-0.39, 0.29) is 5.41 Å². The lowest BCUT2D eigenvalue weighted by atomic mass is 9.86. The van der Waals surface area contributed by atoms with E-state index in [1.54, 1.807) is 9.75 Å². The lowest BCUT2D eigenvalue weighted by Gasteiger charge is -2.20. The van der Waals surface area contributed by atoms with E-state index >= 15 is 0 Å². The molecule has 0 saturated heterocycles. The van der Waals surface area contributed by atoms with E-state index in [1.807, 2.05) is 22.7 Å². The topological polar surface area (TPSA) is 0 Å². The Kier molecular flexibility index (Phi) is 5.18. The minimum Gasteiger partial charge on any atom is -0.145 e. The molecule has 170 valence electrons. The van der Waals surface area contributed by atoms with Gasteiger partial charge in [-0.25, -0.2) is 0 Å². The van der Waals surface area contributed by atoms with Crippen molar-refractivity contribution in [1.82, 2.24) is 0 Å². The molecule has 4 aromatic rings. The molecule has 0 bridgehead atoms. The Morgan fingerprint density at radius 3 is 1.94 bits per heavy atom. The van der Waals surface area contributed by atoms with Gasteiger partial charge in [-0.05, 0) is 82.8 Å². The van der Waals surface area contributed by atoms with Crippen LogP contribution in [0.2, 0.25) is 0 Å². The molecule has 1 atom stereocenters. The second-order valence-electron chi connectivity index (χ2n) is 10.8. The van der Waals surface area contributed by atoms with Gasteiger partial charge in [-0.15, -0.1) is 22.7 Å². The summed E-state index contributed by atoms with van der Waals surface area (Å²) in [6.45, 7) is 13.7. The fourth-order valence-corrected chi connectivity index (χ4v) is 10.2. The van der Waals surface area contributed by atoms with Crippen molar-refractivity contribution in [3.63, 3.8) is 0 Å². The average Bonchev–Trinajstić information content (AvgIpc) is 3.49. The van der Waals surface area contributed by atoms with Crippen LogP contribution in [0, 0.1) is 13.8 Å². The van der Waals surface area contributed by atoms with Crippen LogP contribution in [0.25, 0.3) is 28.3 Å². The summed E-state index contributed by atoms with van der Waals surface area (Å²) in [5.41, 5.74) is 12.8. The maximum Gasteiger partial charge on any atom is 0.0704 e. The molecule has 0 amide bonds. The highest BCUT2D eigenvalue weighted by atomic mass is 32.1. The summed E-state index contributed by atoms with van der Waals surface area (Å²) in [5.74, 6) is 0. The molecule has 0 saturated carbocycles. The van der Waals surface area contributed by atoms with E-state index in [4.69, 9.17) is 0 Å². The zero-order valence-corrected chi connectivity index (χ0v) is 23.4. The van der Waals surface area contributed by atoms with Crippen LogP contribution in [0.5, 0.6) is 0 Å². The summed E-state index contributed by atoms with van der Waals surface area (Å²) in [6, 6.07) is 21.0. The molecular formula is C31H30S2Si. The van der Waals surface area contributed by atoms with Crippen molar-refractivity contribution in [2.24, 2.45) is 0 Å². The summed E-state index contributed by atoms with van der Waals surface area (Å²) in [5, 5.41) is 0. The third kappa shape index (κ3) is 3.52. The lowest BCUT2D eigenvalue weighted by Crippen LogP contribution is -2.15. The second-order valence-corrected chi connectivity index (χ2v) is 14.9. The molecule has 2 aliphatic rings. The number of benzene rings is 2. The van der Waals surface area contributed by atoms with E-state index in [0.717, 1.165) is 9.52 Å². The predicted octanol–water partition coefficient (Wildman–Crippen LogP) is 9.32. The molecule has 0 N–H and O–H groups in total. The Hall–Kier alpha value is -2.20. The highest BCUT2D eigenvalue weighted by Gasteiger charge is 2.37. The fourth-order valence-electron chi connectivity index (χ4n) is 5.53. The normalized spacial score (nSPS) is 17.0. The van der Waals surface area contributed by atoms with E-state index in [1.165, 1.54) is 54.3 Å². The van der Waals surface area contributed by atoms with Crippen LogP contribution in [0.15, 0.2) is 60.2 Å². The molecular weight excluding hydrogens is 465 g/mol. The Morgan fingerprint density at radius 1 is 0.735 bits per heavy atom. The maximum absolute atomic E-state index is 2.47. The van der Waals surface area contributed by atoms with E-state index < -0.39 is 0 Å². The van der Waals surface area contributed by atoms with Crippen molar-refractivity contribution in [3.05, 3.63) is 96.4 Å². The van der Waals surface area contributed by atoms with Crippen LogP contribution >= 0.6 is 22.7 Å². The van der Waals surface area contributed by atoms with Crippen molar-refractivity contribution in [2.75, 3.05) is 0 Å². The zero-order valence-electron chi connectivity index (χ0n) is 20.7. The van der Waals surface area contributed by atoms with E-state index in [2.05, 4.69) is 102 Å². The molecule has 2 aromatic carbocycles. The number of hydrogen-bond acceptors (Lipinski definition) is 2. The van der Waals surface area contributed by atoms with Crippen LogP contribution in [0.3, 0.4) is 0 Å². The first-order chi connectivity index (χ1) is 16.2.